The van der Waals surface area contributed by atoms with Crippen molar-refractivity contribution < 1.29 is 19.8 Å². The fraction of sp³-hybridized carbons (Fsp3) is 0.250. The van der Waals surface area contributed by atoms with E-state index in [4.69, 9.17) is 10.8 Å². The number of hydrogen-bond donors (Lipinski definition) is 3. The van der Waals surface area contributed by atoms with Gasteiger partial charge in [0, 0.05) is 12.1 Å². The third-order valence-corrected chi connectivity index (χ3v) is 3.98. The highest BCUT2D eigenvalue weighted by Crippen LogP contribution is 2.24. The van der Waals surface area contributed by atoms with E-state index in [1.807, 2.05) is 0 Å². The van der Waals surface area contributed by atoms with Gasteiger partial charge in [0.1, 0.15) is 6.04 Å². The minimum absolute atomic E-state index is 0.146. The van der Waals surface area contributed by atoms with E-state index in [9.17, 15) is 19.5 Å². The molecule has 1 heterocycles. The molecule has 0 unspecified atom stereocenters. The molecule has 0 saturated heterocycles. The summed E-state index contributed by atoms with van der Waals surface area (Å²) in [4.78, 5) is 34.0. The lowest BCUT2D eigenvalue weighted by Gasteiger charge is -2.10. The Morgan fingerprint density at radius 1 is 1.35 bits per heavy atom. The molecule has 106 valence electrons. The van der Waals surface area contributed by atoms with Crippen molar-refractivity contribution in [1.29, 1.82) is 0 Å². The SMILES string of the molecule is Nc1ccc2c(=O)n([C@@H](CCC(=O)O)C(=O)O)sc2c1. The first-order chi connectivity index (χ1) is 9.40. The molecule has 0 spiro atoms. The number of fused-ring (bicyclic) bond motifs is 1. The second-order valence-electron chi connectivity index (χ2n) is 4.26. The molecule has 4 N–H and O–H groups in total. The van der Waals surface area contributed by atoms with Gasteiger partial charge in [-0.2, -0.15) is 0 Å². The van der Waals surface area contributed by atoms with Gasteiger partial charge in [-0.1, -0.05) is 11.5 Å². The second-order valence-corrected chi connectivity index (χ2v) is 5.28. The van der Waals surface area contributed by atoms with Crippen LogP contribution in [0.25, 0.3) is 10.1 Å². The summed E-state index contributed by atoms with van der Waals surface area (Å²) in [5.41, 5.74) is 5.65. The highest BCUT2D eigenvalue weighted by molar-refractivity contribution is 7.14. The number of anilines is 1. The summed E-state index contributed by atoms with van der Waals surface area (Å²) in [6, 6.07) is 3.51. The lowest BCUT2D eigenvalue weighted by atomic mass is 10.1. The molecule has 1 aromatic heterocycles. The van der Waals surface area contributed by atoms with Gasteiger partial charge in [-0.25, -0.2) is 8.75 Å². The maximum Gasteiger partial charge on any atom is 0.327 e. The summed E-state index contributed by atoms with van der Waals surface area (Å²) in [5.74, 6) is -2.33. The topological polar surface area (TPSA) is 123 Å². The van der Waals surface area contributed by atoms with Crippen molar-refractivity contribution >= 4 is 39.2 Å². The maximum atomic E-state index is 12.2. The van der Waals surface area contributed by atoms with Gasteiger partial charge in [-0.05, 0) is 24.6 Å². The van der Waals surface area contributed by atoms with Crippen molar-refractivity contribution in [1.82, 2.24) is 3.96 Å². The van der Waals surface area contributed by atoms with Crippen LogP contribution in [0.4, 0.5) is 5.69 Å². The Labute approximate surface area is 117 Å². The number of carbonyl (C=O) groups is 2. The largest absolute Gasteiger partial charge is 0.481 e. The highest BCUT2D eigenvalue weighted by atomic mass is 32.1. The van der Waals surface area contributed by atoms with Crippen LogP contribution < -0.4 is 11.3 Å². The van der Waals surface area contributed by atoms with E-state index in [0.717, 1.165) is 15.5 Å². The van der Waals surface area contributed by atoms with E-state index in [1.54, 1.807) is 12.1 Å². The van der Waals surface area contributed by atoms with Crippen molar-refractivity contribution in [3.8, 4) is 0 Å². The number of carboxylic acid groups (broad SMARTS) is 2. The summed E-state index contributed by atoms with van der Waals surface area (Å²) < 4.78 is 1.67. The van der Waals surface area contributed by atoms with E-state index < -0.39 is 23.5 Å². The Balaban J connectivity index is 2.48. The Bertz CT molecular complexity index is 733. The molecular weight excluding hydrogens is 284 g/mol. The molecule has 0 fully saturated rings. The standard InChI is InChI=1S/C12H12N2O5S/c13-6-1-2-7-9(5-6)20-14(11(7)17)8(12(18)19)3-4-10(15)16/h1-2,5,8H,3-4,13H2,(H,15,16)(H,18,19)/t8-/m0/s1. The second kappa shape index (κ2) is 5.33. The van der Waals surface area contributed by atoms with E-state index in [1.165, 1.54) is 6.07 Å². The molecule has 0 saturated carbocycles. The smallest absolute Gasteiger partial charge is 0.327 e. The number of carboxylic acids is 2. The lowest BCUT2D eigenvalue weighted by Crippen LogP contribution is -2.26. The molecule has 20 heavy (non-hydrogen) atoms. The maximum absolute atomic E-state index is 12.2. The molecule has 1 aromatic carbocycles. The first-order valence-corrected chi connectivity index (χ1v) is 6.53. The van der Waals surface area contributed by atoms with Gasteiger partial charge in [0.15, 0.2) is 0 Å². The van der Waals surface area contributed by atoms with Crippen LogP contribution in [0.1, 0.15) is 18.9 Å². The summed E-state index contributed by atoms with van der Waals surface area (Å²) in [6.07, 6.45) is -0.466. The molecule has 0 radical (unpaired) electrons. The van der Waals surface area contributed by atoms with Gasteiger partial charge in [-0.3, -0.25) is 9.59 Å². The van der Waals surface area contributed by atoms with Crippen molar-refractivity contribution in [3.63, 3.8) is 0 Å². The van der Waals surface area contributed by atoms with Gasteiger partial charge in [0.25, 0.3) is 5.56 Å². The zero-order valence-electron chi connectivity index (χ0n) is 10.3. The Hall–Kier alpha value is -2.35. The summed E-state index contributed by atoms with van der Waals surface area (Å²) in [7, 11) is 0. The van der Waals surface area contributed by atoms with Crippen molar-refractivity contribution in [2.75, 3.05) is 5.73 Å². The lowest BCUT2D eigenvalue weighted by molar-refractivity contribution is -0.141. The first kappa shape index (κ1) is 14.1. The number of hydrogen-bond acceptors (Lipinski definition) is 5. The van der Waals surface area contributed by atoms with Crippen molar-refractivity contribution in [2.45, 2.75) is 18.9 Å². The molecule has 0 amide bonds. The molecule has 1 atom stereocenters. The average Bonchev–Trinajstić information content (AvgIpc) is 2.66. The van der Waals surface area contributed by atoms with Crippen LogP contribution in [0.2, 0.25) is 0 Å². The van der Waals surface area contributed by atoms with Crippen LogP contribution in [0.5, 0.6) is 0 Å². The minimum Gasteiger partial charge on any atom is -0.481 e. The third kappa shape index (κ3) is 2.64. The van der Waals surface area contributed by atoms with E-state index in [2.05, 4.69) is 0 Å². The van der Waals surface area contributed by atoms with E-state index >= 15 is 0 Å². The zero-order valence-corrected chi connectivity index (χ0v) is 11.1. The molecule has 0 aliphatic heterocycles. The van der Waals surface area contributed by atoms with Gasteiger partial charge in [-0.15, -0.1) is 0 Å². The van der Waals surface area contributed by atoms with Crippen LogP contribution in [-0.2, 0) is 9.59 Å². The number of aromatic nitrogens is 1. The quantitative estimate of drug-likeness (QED) is 0.711. The van der Waals surface area contributed by atoms with E-state index in [-0.39, 0.29) is 12.8 Å². The predicted molar refractivity (Wildman–Crippen MR) is 74.0 cm³/mol. The number of rotatable bonds is 5. The zero-order chi connectivity index (χ0) is 14.9. The van der Waals surface area contributed by atoms with Crippen LogP contribution in [-0.4, -0.2) is 26.1 Å². The molecule has 7 nitrogen and oxygen atoms in total. The van der Waals surface area contributed by atoms with Crippen LogP contribution >= 0.6 is 11.5 Å². The number of benzene rings is 1. The third-order valence-electron chi connectivity index (χ3n) is 2.83. The van der Waals surface area contributed by atoms with Crippen LogP contribution in [0.3, 0.4) is 0 Å². The molecule has 2 aromatic rings. The van der Waals surface area contributed by atoms with Crippen molar-refractivity contribution in [3.05, 3.63) is 28.6 Å². The normalized spacial score (nSPS) is 12.4. The fourth-order valence-electron chi connectivity index (χ4n) is 1.86. The molecular formula is C12H12N2O5S. The summed E-state index contributed by atoms with van der Waals surface area (Å²) >= 11 is 0.977. The molecule has 0 aliphatic carbocycles. The van der Waals surface area contributed by atoms with Gasteiger partial charge in [0.05, 0.1) is 10.1 Å². The van der Waals surface area contributed by atoms with Crippen molar-refractivity contribution in [2.24, 2.45) is 0 Å². The molecule has 0 aliphatic rings. The highest BCUT2D eigenvalue weighted by Gasteiger charge is 2.24. The average molecular weight is 296 g/mol. The molecule has 8 heteroatoms. The molecule has 2 rings (SSSR count). The summed E-state index contributed by atoms with van der Waals surface area (Å²) in [6.45, 7) is 0. The fourth-order valence-corrected chi connectivity index (χ4v) is 3.02. The van der Waals surface area contributed by atoms with E-state index in [0.29, 0.717) is 15.8 Å². The number of nitrogens with two attached hydrogens (primary N) is 1. The monoisotopic (exact) mass is 296 g/mol. The number of nitrogens with zero attached hydrogens (tertiary/aromatic N) is 1. The Kier molecular flexibility index (Phi) is 3.75. The predicted octanol–water partition coefficient (Wildman–Crippen LogP) is 1.14. The Morgan fingerprint density at radius 2 is 2.05 bits per heavy atom. The summed E-state index contributed by atoms with van der Waals surface area (Å²) in [5, 5.41) is 18.2. The minimum atomic E-state index is -1.23. The number of aliphatic carboxylic acids is 2. The van der Waals surface area contributed by atoms with Crippen LogP contribution in [0, 0.1) is 0 Å². The molecule has 0 bridgehead atoms. The van der Waals surface area contributed by atoms with Gasteiger partial charge >= 0.3 is 11.9 Å². The number of nitrogen functional groups attached to an aromatic ring is 1. The van der Waals surface area contributed by atoms with Gasteiger partial charge in [0.2, 0.25) is 0 Å². The van der Waals surface area contributed by atoms with Crippen LogP contribution in [0.15, 0.2) is 23.0 Å². The first-order valence-electron chi connectivity index (χ1n) is 5.76. The Morgan fingerprint density at radius 3 is 2.65 bits per heavy atom. The van der Waals surface area contributed by atoms with Gasteiger partial charge < -0.3 is 15.9 Å².